The van der Waals surface area contributed by atoms with Gasteiger partial charge in [0.15, 0.2) is 0 Å². The molecule has 0 aromatic carbocycles. The second kappa shape index (κ2) is 6.23. The molecule has 102 valence electrons. The number of nitrogens with zero attached hydrogens (tertiary/aromatic N) is 1. The van der Waals surface area contributed by atoms with Gasteiger partial charge in [-0.2, -0.15) is 0 Å². The molecule has 2 atom stereocenters. The molecule has 2 amide bonds. The van der Waals surface area contributed by atoms with E-state index in [1.807, 2.05) is 0 Å². The van der Waals surface area contributed by atoms with Crippen LogP contribution in [0.25, 0.3) is 0 Å². The molecule has 1 N–H and O–H groups in total. The van der Waals surface area contributed by atoms with Crippen LogP contribution in [-0.2, 0) is 19.1 Å². The van der Waals surface area contributed by atoms with Gasteiger partial charge in [-0.3, -0.25) is 9.59 Å². The minimum atomic E-state index is -0.515. The second-order valence-corrected chi connectivity index (χ2v) is 4.23. The third kappa shape index (κ3) is 3.61. The van der Waals surface area contributed by atoms with Gasteiger partial charge in [-0.05, 0) is 6.42 Å². The molecule has 1 heterocycles. The molecule has 1 fully saturated rings. The summed E-state index contributed by atoms with van der Waals surface area (Å²) in [5.41, 5.74) is 0. The first kappa shape index (κ1) is 14.3. The van der Waals surface area contributed by atoms with Gasteiger partial charge in [0.2, 0.25) is 5.91 Å². The summed E-state index contributed by atoms with van der Waals surface area (Å²) in [5, 5.41) is 2.70. The van der Waals surface area contributed by atoms with Gasteiger partial charge in [-0.1, -0.05) is 0 Å². The summed E-state index contributed by atoms with van der Waals surface area (Å²) in [6.45, 7) is 1.97. The molecule has 0 aliphatic carbocycles. The molecule has 0 aromatic heterocycles. The minimum absolute atomic E-state index is 0.199. The summed E-state index contributed by atoms with van der Waals surface area (Å²) in [6.07, 6.45) is -0.0568. The molecule has 1 aliphatic heterocycles. The number of methoxy groups -OCH3 is 2. The molecule has 0 radical (unpaired) electrons. The van der Waals surface area contributed by atoms with Crippen LogP contribution in [-0.4, -0.2) is 56.2 Å². The lowest BCUT2D eigenvalue weighted by Gasteiger charge is -2.35. The molecule has 1 aliphatic rings. The van der Waals surface area contributed by atoms with Crippen molar-refractivity contribution in [3.05, 3.63) is 0 Å². The van der Waals surface area contributed by atoms with Gasteiger partial charge in [-0.15, -0.1) is 0 Å². The lowest BCUT2D eigenvalue weighted by molar-refractivity contribution is -0.147. The van der Waals surface area contributed by atoms with Crippen molar-refractivity contribution in [2.24, 2.45) is 5.92 Å². The van der Waals surface area contributed by atoms with Crippen LogP contribution in [0.5, 0.6) is 0 Å². The highest BCUT2D eigenvalue weighted by molar-refractivity contribution is 5.76. The first-order valence-electron chi connectivity index (χ1n) is 5.65. The van der Waals surface area contributed by atoms with Crippen LogP contribution >= 0.6 is 0 Å². The molecule has 1 saturated heterocycles. The monoisotopic (exact) mass is 258 g/mol. The fraction of sp³-hybridized carbons (Fsp3) is 0.727. The number of carbonyl (C=O) groups excluding carboxylic acids is 3. The first-order valence-corrected chi connectivity index (χ1v) is 5.65. The summed E-state index contributed by atoms with van der Waals surface area (Å²) >= 11 is 0. The molecular formula is C11H18N2O5. The van der Waals surface area contributed by atoms with Crippen molar-refractivity contribution >= 4 is 18.0 Å². The molecule has 0 spiro atoms. The number of rotatable bonds is 2. The van der Waals surface area contributed by atoms with Gasteiger partial charge < -0.3 is 19.7 Å². The fourth-order valence-corrected chi connectivity index (χ4v) is 2.11. The normalized spacial score (nSPS) is 23.2. The van der Waals surface area contributed by atoms with E-state index in [2.05, 4.69) is 14.8 Å². The Morgan fingerprint density at radius 2 is 1.83 bits per heavy atom. The van der Waals surface area contributed by atoms with Crippen molar-refractivity contribution in [2.75, 3.05) is 27.3 Å². The maximum absolute atomic E-state index is 11.5. The van der Waals surface area contributed by atoms with Crippen molar-refractivity contribution in [3.8, 4) is 0 Å². The van der Waals surface area contributed by atoms with Crippen molar-refractivity contribution in [2.45, 2.75) is 19.4 Å². The molecule has 0 aromatic rings. The van der Waals surface area contributed by atoms with E-state index < -0.39 is 12.0 Å². The van der Waals surface area contributed by atoms with Crippen LogP contribution in [0.2, 0.25) is 0 Å². The quantitative estimate of drug-likeness (QED) is 0.690. The Balaban J connectivity index is 2.74. The SMILES string of the molecule is COC(=O)C1CC(NC(C)=O)CN(C(=O)OC)C1. The molecule has 2 unspecified atom stereocenters. The number of amides is 2. The molecule has 0 saturated carbocycles. The average Bonchev–Trinajstić information content (AvgIpc) is 2.35. The Bertz CT molecular complexity index is 320. The van der Waals surface area contributed by atoms with Gasteiger partial charge >= 0.3 is 12.1 Å². The summed E-state index contributed by atoms with van der Waals surface area (Å²) in [7, 11) is 2.57. The number of hydrogen-bond donors (Lipinski definition) is 1. The highest BCUT2D eigenvalue weighted by Crippen LogP contribution is 2.19. The lowest BCUT2D eigenvalue weighted by Crippen LogP contribution is -2.53. The highest BCUT2D eigenvalue weighted by atomic mass is 16.5. The maximum atomic E-state index is 11.5. The molecule has 0 bridgehead atoms. The number of nitrogens with one attached hydrogen (secondary N) is 1. The van der Waals surface area contributed by atoms with Crippen LogP contribution in [0.1, 0.15) is 13.3 Å². The largest absolute Gasteiger partial charge is 0.469 e. The molecule has 1 rings (SSSR count). The highest BCUT2D eigenvalue weighted by Gasteiger charge is 2.35. The van der Waals surface area contributed by atoms with Gasteiger partial charge in [0.05, 0.1) is 20.1 Å². The van der Waals surface area contributed by atoms with E-state index >= 15 is 0 Å². The summed E-state index contributed by atoms with van der Waals surface area (Å²) in [5.74, 6) is -1.03. The van der Waals surface area contributed by atoms with Crippen LogP contribution in [0.3, 0.4) is 0 Å². The fourth-order valence-electron chi connectivity index (χ4n) is 2.11. The maximum Gasteiger partial charge on any atom is 0.409 e. The number of ether oxygens (including phenoxy) is 2. The predicted molar refractivity (Wildman–Crippen MR) is 61.7 cm³/mol. The zero-order valence-electron chi connectivity index (χ0n) is 10.8. The van der Waals surface area contributed by atoms with Gasteiger partial charge in [0.25, 0.3) is 0 Å². The van der Waals surface area contributed by atoms with E-state index in [0.717, 1.165) is 0 Å². The van der Waals surface area contributed by atoms with Crippen molar-refractivity contribution in [1.82, 2.24) is 10.2 Å². The zero-order chi connectivity index (χ0) is 13.7. The van der Waals surface area contributed by atoms with E-state index in [4.69, 9.17) is 0 Å². The van der Waals surface area contributed by atoms with Crippen molar-refractivity contribution in [3.63, 3.8) is 0 Å². The van der Waals surface area contributed by atoms with Gasteiger partial charge in [0, 0.05) is 26.1 Å². The average molecular weight is 258 g/mol. The topological polar surface area (TPSA) is 84.9 Å². The number of hydrogen-bond acceptors (Lipinski definition) is 5. The summed E-state index contributed by atoms with van der Waals surface area (Å²) < 4.78 is 9.30. The van der Waals surface area contributed by atoms with Gasteiger partial charge in [-0.25, -0.2) is 4.79 Å². The van der Waals surface area contributed by atoms with Crippen LogP contribution in [0.4, 0.5) is 4.79 Å². The first-order chi connectivity index (χ1) is 8.47. The van der Waals surface area contributed by atoms with E-state index in [-0.39, 0.29) is 24.5 Å². The lowest BCUT2D eigenvalue weighted by atomic mass is 9.94. The molecular weight excluding hydrogens is 240 g/mol. The van der Waals surface area contributed by atoms with E-state index in [0.29, 0.717) is 13.0 Å². The Morgan fingerprint density at radius 1 is 1.17 bits per heavy atom. The van der Waals surface area contributed by atoms with Crippen LogP contribution in [0, 0.1) is 5.92 Å². The van der Waals surface area contributed by atoms with Crippen LogP contribution in [0.15, 0.2) is 0 Å². The molecule has 7 heteroatoms. The molecule has 7 nitrogen and oxygen atoms in total. The third-order valence-electron chi connectivity index (χ3n) is 2.83. The number of carbonyl (C=O) groups is 3. The van der Waals surface area contributed by atoms with E-state index in [1.54, 1.807) is 0 Å². The Labute approximate surface area is 105 Å². The van der Waals surface area contributed by atoms with Gasteiger partial charge in [0.1, 0.15) is 0 Å². The number of likely N-dealkylation sites (tertiary alicyclic amines) is 1. The van der Waals surface area contributed by atoms with Crippen molar-refractivity contribution < 1.29 is 23.9 Å². The Kier molecular flexibility index (Phi) is 4.94. The second-order valence-electron chi connectivity index (χ2n) is 4.23. The van der Waals surface area contributed by atoms with Crippen molar-refractivity contribution in [1.29, 1.82) is 0 Å². The third-order valence-corrected chi connectivity index (χ3v) is 2.83. The van der Waals surface area contributed by atoms with Crippen LogP contribution < -0.4 is 5.32 Å². The summed E-state index contributed by atoms with van der Waals surface area (Å²) in [6, 6.07) is -0.264. The smallest absolute Gasteiger partial charge is 0.409 e. The zero-order valence-corrected chi connectivity index (χ0v) is 10.8. The minimum Gasteiger partial charge on any atom is -0.469 e. The van der Waals surface area contributed by atoms with E-state index in [9.17, 15) is 14.4 Å². The predicted octanol–water partition coefficient (Wildman–Crippen LogP) is -0.248. The standard InChI is InChI=1S/C11H18N2O5/c1-7(14)12-9-4-8(10(15)17-2)5-13(6-9)11(16)18-3/h8-9H,4-6H2,1-3H3,(H,12,14). The summed E-state index contributed by atoms with van der Waals surface area (Å²) in [4.78, 5) is 35.5. The number of esters is 1. The Hall–Kier alpha value is -1.79. The Morgan fingerprint density at radius 3 is 2.33 bits per heavy atom. The number of piperidine rings is 1. The molecule has 18 heavy (non-hydrogen) atoms. The van der Waals surface area contributed by atoms with E-state index in [1.165, 1.54) is 26.0 Å².